The molecule has 1 atom stereocenters. The van der Waals surface area contributed by atoms with Crippen LogP contribution in [0.25, 0.3) is 0 Å². The summed E-state index contributed by atoms with van der Waals surface area (Å²) in [4.78, 5) is 18.2. The molecule has 0 radical (unpaired) electrons. The molecule has 0 aliphatic carbocycles. The molecule has 0 aromatic carbocycles. The van der Waals surface area contributed by atoms with Crippen molar-refractivity contribution < 1.29 is 9.32 Å². The Labute approximate surface area is 108 Å². The van der Waals surface area contributed by atoms with Crippen LogP contribution in [-0.2, 0) is 4.79 Å². The Morgan fingerprint density at radius 3 is 2.50 bits per heavy atom. The molecular formula is C13H21N3O2. The van der Waals surface area contributed by atoms with E-state index in [0.29, 0.717) is 11.8 Å². The third-order valence-corrected chi connectivity index (χ3v) is 3.44. The Kier molecular flexibility index (Phi) is 3.99. The smallest absolute Gasteiger partial charge is 0.266 e. The Balaban J connectivity index is 2.15. The second kappa shape index (κ2) is 5.50. The first-order chi connectivity index (χ1) is 8.59. The maximum absolute atomic E-state index is 11.6. The van der Waals surface area contributed by atoms with Crippen molar-refractivity contribution in [3.8, 4) is 0 Å². The minimum Gasteiger partial charge on any atom is -0.338 e. The van der Waals surface area contributed by atoms with Crippen molar-refractivity contribution in [3.05, 3.63) is 5.89 Å². The third kappa shape index (κ3) is 2.71. The summed E-state index contributed by atoms with van der Waals surface area (Å²) in [5.74, 6) is 1.07. The molecule has 0 saturated carbocycles. The lowest BCUT2D eigenvalue weighted by Crippen LogP contribution is -2.30. The Hall–Kier alpha value is -1.39. The molecule has 1 aliphatic heterocycles. The molecule has 1 fully saturated rings. The van der Waals surface area contributed by atoms with Gasteiger partial charge in [0.1, 0.15) is 5.78 Å². The molecule has 2 rings (SSSR count). The van der Waals surface area contributed by atoms with Gasteiger partial charge in [-0.05, 0) is 37.3 Å². The molecule has 1 unspecified atom stereocenters. The van der Waals surface area contributed by atoms with E-state index < -0.39 is 0 Å². The van der Waals surface area contributed by atoms with Gasteiger partial charge in [-0.2, -0.15) is 4.98 Å². The van der Waals surface area contributed by atoms with Crippen LogP contribution in [0.3, 0.4) is 0 Å². The Bertz CT molecular complexity index is 408. The predicted octanol–water partition coefficient (Wildman–Crippen LogP) is 2.39. The number of hydrogen-bond donors (Lipinski definition) is 0. The van der Waals surface area contributed by atoms with E-state index in [0.717, 1.165) is 13.1 Å². The number of nitrogens with zero attached hydrogens (tertiary/aromatic N) is 3. The molecule has 0 N–H and O–H groups in total. The van der Waals surface area contributed by atoms with Crippen molar-refractivity contribution in [2.45, 2.75) is 46.0 Å². The molecular weight excluding hydrogens is 230 g/mol. The summed E-state index contributed by atoms with van der Waals surface area (Å²) in [6.07, 6.45) is 3.61. The van der Waals surface area contributed by atoms with Gasteiger partial charge in [0.15, 0.2) is 0 Å². The maximum atomic E-state index is 11.6. The molecule has 100 valence electrons. The van der Waals surface area contributed by atoms with Gasteiger partial charge in [-0.25, -0.2) is 0 Å². The predicted molar refractivity (Wildman–Crippen MR) is 68.6 cm³/mol. The van der Waals surface area contributed by atoms with Crippen LogP contribution in [0.4, 0.5) is 5.95 Å². The van der Waals surface area contributed by atoms with Gasteiger partial charge in [0, 0.05) is 13.1 Å². The van der Waals surface area contributed by atoms with Crippen molar-refractivity contribution in [1.82, 2.24) is 10.1 Å². The highest BCUT2D eigenvalue weighted by Gasteiger charge is 2.28. The minimum atomic E-state index is -0.281. The zero-order valence-electron chi connectivity index (χ0n) is 11.3. The molecule has 1 aliphatic rings. The number of anilines is 1. The standard InChI is InChI=1S/C13H21N3O2/c1-9(2)11(10(3)17)12-14-13(15-18-12)16-7-5-4-6-8-16/h9,11H,4-8H2,1-3H3. The second-order valence-electron chi connectivity index (χ2n) is 5.31. The molecule has 1 aromatic heterocycles. The Morgan fingerprint density at radius 1 is 1.28 bits per heavy atom. The van der Waals surface area contributed by atoms with Crippen molar-refractivity contribution in [2.75, 3.05) is 18.0 Å². The molecule has 0 amide bonds. The highest BCUT2D eigenvalue weighted by molar-refractivity contribution is 5.82. The quantitative estimate of drug-likeness (QED) is 0.822. The highest BCUT2D eigenvalue weighted by atomic mass is 16.5. The van der Waals surface area contributed by atoms with Gasteiger partial charge < -0.3 is 9.42 Å². The van der Waals surface area contributed by atoms with Crippen molar-refractivity contribution in [3.63, 3.8) is 0 Å². The van der Waals surface area contributed by atoms with Crippen LogP contribution in [0, 0.1) is 5.92 Å². The van der Waals surface area contributed by atoms with Gasteiger partial charge in [0.2, 0.25) is 5.89 Å². The van der Waals surface area contributed by atoms with E-state index in [1.54, 1.807) is 6.92 Å². The van der Waals surface area contributed by atoms with E-state index in [-0.39, 0.29) is 17.6 Å². The summed E-state index contributed by atoms with van der Waals surface area (Å²) in [5, 5.41) is 4.01. The molecule has 5 nitrogen and oxygen atoms in total. The van der Waals surface area contributed by atoms with Crippen molar-refractivity contribution in [2.24, 2.45) is 5.92 Å². The van der Waals surface area contributed by atoms with Crippen LogP contribution in [0.2, 0.25) is 0 Å². The number of ketones is 1. The van der Waals surface area contributed by atoms with Gasteiger partial charge in [-0.15, -0.1) is 0 Å². The molecule has 0 spiro atoms. The van der Waals surface area contributed by atoms with Gasteiger partial charge in [-0.1, -0.05) is 13.8 Å². The topological polar surface area (TPSA) is 59.2 Å². The zero-order chi connectivity index (χ0) is 13.1. The second-order valence-corrected chi connectivity index (χ2v) is 5.31. The average molecular weight is 251 g/mol. The summed E-state index contributed by atoms with van der Waals surface area (Å²) in [5.41, 5.74) is 0. The summed E-state index contributed by atoms with van der Waals surface area (Å²) < 4.78 is 5.28. The van der Waals surface area contributed by atoms with Crippen molar-refractivity contribution >= 4 is 11.7 Å². The van der Waals surface area contributed by atoms with Gasteiger partial charge in [0.25, 0.3) is 5.95 Å². The van der Waals surface area contributed by atoms with Crippen LogP contribution in [0.15, 0.2) is 4.52 Å². The minimum absolute atomic E-state index is 0.0823. The SMILES string of the molecule is CC(=O)C(c1nc(N2CCCCC2)no1)C(C)C. The number of hydrogen-bond acceptors (Lipinski definition) is 5. The summed E-state index contributed by atoms with van der Waals surface area (Å²) >= 11 is 0. The first-order valence-corrected chi connectivity index (χ1v) is 6.68. The fraction of sp³-hybridized carbons (Fsp3) is 0.769. The monoisotopic (exact) mass is 251 g/mol. The van der Waals surface area contributed by atoms with E-state index in [1.807, 2.05) is 13.8 Å². The normalized spacial score (nSPS) is 18.1. The van der Waals surface area contributed by atoms with Crippen LogP contribution in [0.5, 0.6) is 0 Å². The number of carbonyl (C=O) groups is 1. The van der Waals surface area contributed by atoms with E-state index in [2.05, 4.69) is 15.0 Å². The largest absolute Gasteiger partial charge is 0.338 e. The number of Topliss-reactive ketones (excluding diaryl/α,β-unsaturated/α-hetero) is 1. The lowest BCUT2D eigenvalue weighted by atomic mass is 9.92. The number of rotatable bonds is 4. The highest BCUT2D eigenvalue weighted by Crippen LogP contribution is 2.26. The van der Waals surface area contributed by atoms with Crippen LogP contribution < -0.4 is 4.90 Å². The lowest BCUT2D eigenvalue weighted by Gasteiger charge is -2.24. The lowest BCUT2D eigenvalue weighted by molar-refractivity contribution is -0.119. The summed E-state index contributed by atoms with van der Waals surface area (Å²) in [6.45, 7) is 7.53. The number of piperidine rings is 1. The van der Waals surface area contributed by atoms with Gasteiger partial charge in [0.05, 0.1) is 5.92 Å². The molecule has 18 heavy (non-hydrogen) atoms. The summed E-state index contributed by atoms with van der Waals surface area (Å²) in [7, 11) is 0. The molecule has 1 saturated heterocycles. The fourth-order valence-electron chi connectivity index (χ4n) is 2.50. The number of aromatic nitrogens is 2. The van der Waals surface area contributed by atoms with Crippen LogP contribution >= 0.6 is 0 Å². The van der Waals surface area contributed by atoms with Crippen LogP contribution in [0.1, 0.15) is 51.8 Å². The van der Waals surface area contributed by atoms with E-state index in [4.69, 9.17) is 4.52 Å². The first kappa shape index (κ1) is 13.1. The average Bonchev–Trinajstić information content (AvgIpc) is 2.78. The molecule has 1 aromatic rings. The third-order valence-electron chi connectivity index (χ3n) is 3.44. The fourth-order valence-corrected chi connectivity index (χ4v) is 2.50. The van der Waals surface area contributed by atoms with Gasteiger partial charge >= 0.3 is 0 Å². The van der Waals surface area contributed by atoms with Crippen LogP contribution in [-0.4, -0.2) is 29.0 Å². The Morgan fingerprint density at radius 2 is 1.94 bits per heavy atom. The summed E-state index contributed by atoms with van der Waals surface area (Å²) in [6, 6.07) is 0. The zero-order valence-corrected chi connectivity index (χ0v) is 11.3. The molecule has 2 heterocycles. The number of carbonyl (C=O) groups excluding carboxylic acids is 1. The van der Waals surface area contributed by atoms with E-state index in [9.17, 15) is 4.79 Å². The molecule has 0 bridgehead atoms. The van der Waals surface area contributed by atoms with E-state index in [1.165, 1.54) is 19.3 Å². The first-order valence-electron chi connectivity index (χ1n) is 6.68. The molecule has 5 heteroatoms. The van der Waals surface area contributed by atoms with Gasteiger partial charge in [-0.3, -0.25) is 4.79 Å². The van der Waals surface area contributed by atoms with Crippen molar-refractivity contribution in [1.29, 1.82) is 0 Å². The van der Waals surface area contributed by atoms with E-state index >= 15 is 0 Å². The maximum Gasteiger partial charge on any atom is 0.266 e.